The van der Waals surface area contributed by atoms with Crippen LogP contribution in [-0.4, -0.2) is 43.0 Å². The molecule has 6 heteroatoms. The van der Waals surface area contributed by atoms with Gasteiger partial charge in [-0.1, -0.05) is 6.07 Å². The Kier molecular flexibility index (Phi) is 3.92. The van der Waals surface area contributed by atoms with Crippen LogP contribution in [0, 0.1) is 6.92 Å². The second-order valence-corrected chi connectivity index (χ2v) is 7.71. The molecule has 1 aromatic heterocycles. The van der Waals surface area contributed by atoms with Crippen LogP contribution in [0.5, 0.6) is 0 Å². The first-order valence-electron chi connectivity index (χ1n) is 7.39. The molecule has 1 aliphatic heterocycles. The topological polar surface area (TPSA) is 59.5 Å². The lowest BCUT2D eigenvalue weighted by atomic mass is 10.1. The first-order valence-corrected chi connectivity index (χ1v) is 8.83. The zero-order chi connectivity index (χ0) is 15.9. The van der Waals surface area contributed by atoms with Crippen molar-refractivity contribution in [3.05, 3.63) is 36.0 Å². The quantitative estimate of drug-likeness (QED) is 0.852. The minimum Gasteiger partial charge on any atom is -0.375 e. The van der Waals surface area contributed by atoms with Crippen LogP contribution in [0.2, 0.25) is 0 Å². The number of aryl methyl sites for hydroxylation is 1. The van der Waals surface area contributed by atoms with Crippen LogP contribution in [0.3, 0.4) is 0 Å². The standard InChI is InChI=1S/C16H20N2O3S/c1-11-6-7-15(14-5-4-8-17-16(11)14)22(19,20)18-9-13(3)21-10-12(18)2/h4-8,12-13H,9-10H2,1-3H3/t12-,13+/m1/s1. The van der Waals surface area contributed by atoms with Crippen molar-refractivity contribution in [2.45, 2.75) is 37.8 Å². The van der Waals surface area contributed by atoms with Gasteiger partial charge >= 0.3 is 0 Å². The molecule has 3 rings (SSSR count). The van der Waals surface area contributed by atoms with Crippen LogP contribution in [0.15, 0.2) is 35.4 Å². The van der Waals surface area contributed by atoms with Crippen LogP contribution in [0.25, 0.3) is 10.9 Å². The van der Waals surface area contributed by atoms with Gasteiger partial charge in [0.2, 0.25) is 10.0 Å². The summed E-state index contributed by atoms with van der Waals surface area (Å²) in [5.41, 5.74) is 1.70. The third-order valence-corrected chi connectivity index (χ3v) is 6.11. The maximum Gasteiger partial charge on any atom is 0.244 e. The molecule has 118 valence electrons. The number of pyridine rings is 1. The molecule has 1 aliphatic rings. The molecule has 1 aromatic carbocycles. The number of hydrogen-bond acceptors (Lipinski definition) is 4. The predicted octanol–water partition coefficient (Wildman–Crippen LogP) is 2.34. The predicted molar refractivity (Wildman–Crippen MR) is 85.2 cm³/mol. The van der Waals surface area contributed by atoms with Gasteiger partial charge in [-0.15, -0.1) is 0 Å². The van der Waals surface area contributed by atoms with Gasteiger partial charge in [-0.25, -0.2) is 8.42 Å². The third kappa shape index (κ3) is 2.51. The normalized spacial score (nSPS) is 23.8. The number of aromatic nitrogens is 1. The van der Waals surface area contributed by atoms with Crippen molar-refractivity contribution in [1.29, 1.82) is 0 Å². The molecule has 2 heterocycles. The summed E-state index contributed by atoms with van der Waals surface area (Å²) in [7, 11) is -3.57. The fourth-order valence-corrected chi connectivity index (χ4v) is 4.72. The van der Waals surface area contributed by atoms with Gasteiger partial charge in [-0.05, 0) is 44.5 Å². The molecule has 0 saturated carbocycles. The number of fused-ring (bicyclic) bond motifs is 1. The van der Waals surface area contributed by atoms with E-state index in [0.29, 0.717) is 23.4 Å². The molecule has 0 aliphatic carbocycles. The summed E-state index contributed by atoms with van der Waals surface area (Å²) in [6, 6.07) is 6.91. The minimum absolute atomic E-state index is 0.0965. The zero-order valence-electron chi connectivity index (χ0n) is 13.0. The fourth-order valence-electron chi connectivity index (χ4n) is 2.85. The van der Waals surface area contributed by atoms with Gasteiger partial charge in [0.15, 0.2) is 0 Å². The monoisotopic (exact) mass is 320 g/mol. The number of rotatable bonds is 2. The molecule has 0 spiro atoms. The van der Waals surface area contributed by atoms with Crippen molar-refractivity contribution in [3.8, 4) is 0 Å². The highest BCUT2D eigenvalue weighted by molar-refractivity contribution is 7.89. The van der Waals surface area contributed by atoms with Crippen molar-refractivity contribution < 1.29 is 13.2 Å². The zero-order valence-corrected chi connectivity index (χ0v) is 13.8. The maximum absolute atomic E-state index is 13.1. The van der Waals surface area contributed by atoms with Gasteiger partial charge in [-0.2, -0.15) is 4.31 Å². The molecule has 0 unspecified atom stereocenters. The van der Waals surface area contributed by atoms with Crippen LogP contribution in [-0.2, 0) is 14.8 Å². The van der Waals surface area contributed by atoms with Crippen LogP contribution in [0.4, 0.5) is 0 Å². The molecule has 2 atom stereocenters. The molecule has 1 fully saturated rings. The summed E-state index contributed by atoms with van der Waals surface area (Å²) in [6.45, 7) is 6.49. The first kappa shape index (κ1) is 15.4. The number of benzene rings is 1. The van der Waals surface area contributed by atoms with Gasteiger partial charge in [-0.3, -0.25) is 4.98 Å². The summed E-state index contributed by atoms with van der Waals surface area (Å²) in [5.74, 6) is 0. The molecule has 0 N–H and O–H groups in total. The van der Waals surface area contributed by atoms with Crippen molar-refractivity contribution >= 4 is 20.9 Å². The van der Waals surface area contributed by atoms with E-state index in [2.05, 4.69) is 4.98 Å². The van der Waals surface area contributed by atoms with E-state index in [9.17, 15) is 8.42 Å². The lowest BCUT2D eigenvalue weighted by molar-refractivity contribution is -0.0170. The highest BCUT2D eigenvalue weighted by Gasteiger charge is 2.35. The van der Waals surface area contributed by atoms with Crippen molar-refractivity contribution in [3.63, 3.8) is 0 Å². The lowest BCUT2D eigenvalue weighted by Crippen LogP contribution is -2.50. The Morgan fingerprint density at radius 1 is 1.27 bits per heavy atom. The van der Waals surface area contributed by atoms with Gasteiger partial charge in [0, 0.05) is 24.2 Å². The summed E-state index contributed by atoms with van der Waals surface area (Å²) < 4.78 is 33.3. The Bertz CT molecular complexity index is 804. The Morgan fingerprint density at radius 2 is 2.05 bits per heavy atom. The molecule has 0 radical (unpaired) electrons. The van der Waals surface area contributed by atoms with E-state index in [-0.39, 0.29) is 12.1 Å². The van der Waals surface area contributed by atoms with E-state index in [0.717, 1.165) is 11.1 Å². The van der Waals surface area contributed by atoms with Gasteiger partial charge in [0.25, 0.3) is 0 Å². The van der Waals surface area contributed by atoms with Crippen LogP contribution < -0.4 is 0 Å². The van der Waals surface area contributed by atoms with E-state index in [1.165, 1.54) is 4.31 Å². The summed E-state index contributed by atoms with van der Waals surface area (Å²) in [6.07, 6.45) is 1.59. The average Bonchev–Trinajstić information content (AvgIpc) is 2.50. The molecule has 22 heavy (non-hydrogen) atoms. The summed E-state index contributed by atoms with van der Waals surface area (Å²) in [4.78, 5) is 4.65. The van der Waals surface area contributed by atoms with E-state index >= 15 is 0 Å². The maximum atomic E-state index is 13.1. The Hall–Kier alpha value is -1.50. The average molecular weight is 320 g/mol. The second kappa shape index (κ2) is 5.61. The van der Waals surface area contributed by atoms with Gasteiger partial charge in [0.1, 0.15) is 0 Å². The molecule has 0 bridgehead atoms. The summed E-state index contributed by atoms with van der Waals surface area (Å²) in [5, 5.41) is 0.675. The molecule has 5 nitrogen and oxygen atoms in total. The molecule has 2 aromatic rings. The van der Waals surface area contributed by atoms with E-state index < -0.39 is 10.0 Å². The van der Waals surface area contributed by atoms with Crippen molar-refractivity contribution in [2.75, 3.05) is 13.2 Å². The van der Waals surface area contributed by atoms with Gasteiger partial charge < -0.3 is 4.74 Å². The SMILES string of the molecule is Cc1ccc(S(=O)(=O)N2C[C@H](C)OC[C@H]2C)c2cccnc12. The molecular formula is C16H20N2O3S. The number of sulfonamides is 1. The van der Waals surface area contributed by atoms with E-state index in [4.69, 9.17) is 4.74 Å². The number of ether oxygens (including phenoxy) is 1. The molecule has 1 saturated heterocycles. The third-order valence-electron chi connectivity index (χ3n) is 4.07. The largest absolute Gasteiger partial charge is 0.375 e. The molecular weight excluding hydrogens is 300 g/mol. The Labute approximate surface area is 131 Å². The van der Waals surface area contributed by atoms with Crippen molar-refractivity contribution in [2.24, 2.45) is 0 Å². The smallest absolute Gasteiger partial charge is 0.244 e. The number of nitrogens with zero attached hydrogens (tertiary/aromatic N) is 2. The van der Waals surface area contributed by atoms with Crippen LogP contribution in [0.1, 0.15) is 19.4 Å². The summed E-state index contributed by atoms with van der Waals surface area (Å²) >= 11 is 0. The Balaban J connectivity index is 2.15. The second-order valence-electron chi connectivity index (χ2n) is 5.85. The number of morpholine rings is 1. The fraction of sp³-hybridized carbons (Fsp3) is 0.438. The first-order chi connectivity index (χ1) is 10.4. The van der Waals surface area contributed by atoms with E-state index in [1.807, 2.05) is 32.9 Å². The highest BCUT2D eigenvalue weighted by atomic mass is 32.2. The lowest BCUT2D eigenvalue weighted by Gasteiger charge is -2.35. The Morgan fingerprint density at radius 3 is 2.82 bits per heavy atom. The van der Waals surface area contributed by atoms with E-state index in [1.54, 1.807) is 18.3 Å². The molecule has 0 amide bonds. The van der Waals surface area contributed by atoms with Crippen molar-refractivity contribution in [1.82, 2.24) is 9.29 Å². The highest BCUT2D eigenvalue weighted by Crippen LogP contribution is 2.29. The van der Waals surface area contributed by atoms with Crippen LogP contribution >= 0.6 is 0 Å². The minimum atomic E-state index is -3.57. The number of hydrogen-bond donors (Lipinski definition) is 0. The van der Waals surface area contributed by atoms with Gasteiger partial charge in [0.05, 0.1) is 23.1 Å².